The zero-order chi connectivity index (χ0) is 22.3. The summed E-state index contributed by atoms with van der Waals surface area (Å²) in [6.45, 7) is 0. The van der Waals surface area contributed by atoms with Crippen molar-refractivity contribution >= 4 is 16.1 Å². The van der Waals surface area contributed by atoms with Gasteiger partial charge in [-0.2, -0.15) is 0 Å². The van der Waals surface area contributed by atoms with Crippen LogP contribution >= 0.6 is 0 Å². The van der Waals surface area contributed by atoms with E-state index >= 15 is 0 Å². The van der Waals surface area contributed by atoms with Crippen molar-refractivity contribution in [3.8, 4) is 11.3 Å². The number of nitrogens with zero attached hydrogens (tertiary/aromatic N) is 1. The van der Waals surface area contributed by atoms with Crippen LogP contribution in [0.3, 0.4) is 0 Å². The third kappa shape index (κ3) is 3.67. The maximum atomic E-state index is 14.7. The van der Waals surface area contributed by atoms with Crippen molar-refractivity contribution in [2.75, 3.05) is 7.05 Å². The molecule has 2 aromatic carbocycles. The first-order chi connectivity index (χ1) is 14.7. The molecule has 10 heteroatoms. The van der Waals surface area contributed by atoms with Crippen molar-refractivity contribution in [3.05, 3.63) is 77.2 Å². The number of rotatable bonds is 4. The molecule has 1 unspecified atom stereocenters. The standard InChI is InChI=1S/C21H17F3N2O4S/c1-25-21(27)30-19-8-7-15-17(19)11-26(20(15)16-6-5-13(23)10-18(16)24)31(28,29)14-4-2-3-12(22)9-14/h2-6,9-11,19H,7-8H2,1H3,(H,25,27). The molecule has 31 heavy (non-hydrogen) atoms. The molecule has 0 spiro atoms. The summed E-state index contributed by atoms with van der Waals surface area (Å²) >= 11 is 0. The van der Waals surface area contributed by atoms with Crippen molar-refractivity contribution < 1.29 is 31.1 Å². The van der Waals surface area contributed by atoms with E-state index in [1.165, 1.54) is 25.4 Å². The molecule has 1 aliphatic rings. The van der Waals surface area contributed by atoms with Gasteiger partial charge in [-0.3, -0.25) is 0 Å². The van der Waals surface area contributed by atoms with E-state index in [1.807, 2.05) is 0 Å². The molecule has 1 atom stereocenters. The van der Waals surface area contributed by atoms with Gasteiger partial charge >= 0.3 is 6.09 Å². The summed E-state index contributed by atoms with van der Waals surface area (Å²) in [6.07, 6.45) is 0.465. The number of hydrogen-bond donors (Lipinski definition) is 1. The Morgan fingerprint density at radius 3 is 2.55 bits per heavy atom. The minimum atomic E-state index is -4.34. The highest BCUT2D eigenvalue weighted by Gasteiger charge is 2.35. The van der Waals surface area contributed by atoms with Crippen LogP contribution in [0.25, 0.3) is 11.3 Å². The smallest absolute Gasteiger partial charge is 0.407 e. The quantitative estimate of drug-likeness (QED) is 0.648. The molecule has 0 radical (unpaired) electrons. The second kappa shape index (κ2) is 7.77. The Labute approximate surface area is 176 Å². The van der Waals surface area contributed by atoms with Crippen LogP contribution in [-0.4, -0.2) is 25.5 Å². The predicted octanol–water partition coefficient (Wildman–Crippen LogP) is 4.15. The summed E-state index contributed by atoms with van der Waals surface area (Å²) in [6, 6.07) is 7.23. The van der Waals surface area contributed by atoms with Crippen LogP contribution in [-0.2, 0) is 21.2 Å². The van der Waals surface area contributed by atoms with Crippen LogP contribution in [0, 0.1) is 17.5 Å². The molecule has 0 saturated heterocycles. The lowest BCUT2D eigenvalue weighted by Gasteiger charge is -2.14. The topological polar surface area (TPSA) is 77.4 Å². The summed E-state index contributed by atoms with van der Waals surface area (Å²) in [5, 5.41) is 2.32. The lowest BCUT2D eigenvalue weighted by molar-refractivity contribution is 0.100. The fourth-order valence-electron chi connectivity index (χ4n) is 3.71. The van der Waals surface area contributed by atoms with Gasteiger partial charge in [-0.1, -0.05) is 6.07 Å². The molecule has 1 amide bonds. The van der Waals surface area contributed by atoms with Crippen molar-refractivity contribution in [2.24, 2.45) is 0 Å². The van der Waals surface area contributed by atoms with Crippen LogP contribution < -0.4 is 5.32 Å². The molecule has 1 N–H and O–H groups in total. The van der Waals surface area contributed by atoms with Crippen LogP contribution in [0.2, 0.25) is 0 Å². The summed E-state index contributed by atoms with van der Waals surface area (Å²) in [4.78, 5) is 11.3. The largest absolute Gasteiger partial charge is 0.441 e. The Morgan fingerprint density at radius 1 is 1.13 bits per heavy atom. The summed E-state index contributed by atoms with van der Waals surface area (Å²) < 4.78 is 74.7. The first-order valence-electron chi connectivity index (χ1n) is 9.31. The van der Waals surface area contributed by atoms with Crippen LogP contribution in [0.4, 0.5) is 18.0 Å². The predicted molar refractivity (Wildman–Crippen MR) is 105 cm³/mol. The zero-order valence-corrected chi connectivity index (χ0v) is 17.0. The Bertz CT molecular complexity index is 1290. The monoisotopic (exact) mass is 450 g/mol. The SMILES string of the molecule is CNC(=O)OC1CCc2c1cn(S(=O)(=O)c1cccc(F)c1)c2-c1ccc(F)cc1F. The second-order valence-electron chi connectivity index (χ2n) is 6.98. The Balaban J connectivity index is 1.95. The molecule has 6 nitrogen and oxygen atoms in total. The number of alkyl carbamates (subject to hydrolysis) is 1. The van der Waals surface area contributed by atoms with Gasteiger partial charge in [0.15, 0.2) is 0 Å². The number of carbonyl (C=O) groups is 1. The van der Waals surface area contributed by atoms with E-state index in [0.717, 1.165) is 28.2 Å². The van der Waals surface area contributed by atoms with Crippen molar-refractivity contribution in [2.45, 2.75) is 23.8 Å². The fraction of sp³-hybridized carbons (Fsp3) is 0.190. The Kier molecular flexibility index (Phi) is 5.26. The molecular weight excluding hydrogens is 433 g/mol. The number of amides is 1. The maximum absolute atomic E-state index is 14.7. The zero-order valence-electron chi connectivity index (χ0n) is 16.2. The van der Waals surface area contributed by atoms with E-state index < -0.39 is 39.7 Å². The molecule has 0 saturated carbocycles. The average Bonchev–Trinajstić information content (AvgIpc) is 3.28. The van der Waals surface area contributed by atoms with E-state index in [1.54, 1.807) is 0 Å². The van der Waals surface area contributed by atoms with Gasteiger partial charge in [0, 0.05) is 30.4 Å². The molecule has 1 aliphatic carbocycles. The van der Waals surface area contributed by atoms with E-state index in [-0.39, 0.29) is 16.2 Å². The molecule has 0 fully saturated rings. The normalized spacial score (nSPS) is 15.5. The van der Waals surface area contributed by atoms with Gasteiger partial charge in [0.05, 0.1) is 10.6 Å². The first kappa shape index (κ1) is 21.0. The van der Waals surface area contributed by atoms with Crippen molar-refractivity contribution in [1.29, 1.82) is 0 Å². The van der Waals surface area contributed by atoms with Gasteiger partial charge in [-0.25, -0.2) is 30.4 Å². The number of carbonyl (C=O) groups excluding carboxylic acids is 1. The van der Waals surface area contributed by atoms with E-state index in [0.29, 0.717) is 30.0 Å². The van der Waals surface area contributed by atoms with Gasteiger partial charge in [-0.15, -0.1) is 0 Å². The minimum absolute atomic E-state index is 0.0141. The fourth-order valence-corrected chi connectivity index (χ4v) is 5.15. The lowest BCUT2D eigenvalue weighted by atomic mass is 10.1. The Morgan fingerprint density at radius 2 is 1.87 bits per heavy atom. The molecular formula is C21H17F3N2O4S. The molecule has 1 heterocycles. The maximum Gasteiger partial charge on any atom is 0.407 e. The summed E-state index contributed by atoms with van der Waals surface area (Å²) in [5.41, 5.74) is 0.699. The molecule has 1 aromatic heterocycles. The van der Waals surface area contributed by atoms with Gasteiger partial charge in [-0.05, 0) is 48.7 Å². The third-order valence-electron chi connectivity index (χ3n) is 5.11. The lowest BCUT2D eigenvalue weighted by Crippen LogP contribution is -2.21. The molecule has 162 valence electrons. The molecule has 0 bridgehead atoms. The number of aromatic nitrogens is 1. The highest BCUT2D eigenvalue weighted by atomic mass is 32.2. The van der Waals surface area contributed by atoms with Gasteiger partial charge in [0.25, 0.3) is 10.0 Å². The number of fused-ring (bicyclic) bond motifs is 1. The first-order valence-corrected chi connectivity index (χ1v) is 10.8. The third-order valence-corrected chi connectivity index (χ3v) is 6.76. The number of ether oxygens (including phenoxy) is 1. The number of nitrogens with one attached hydrogen (secondary N) is 1. The molecule has 3 aromatic rings. The summed E-state index contributed by atoms with van der Waals surface area (Å²) in [7, 11) is -2.96. The number of hydrogen-bond acceptors (Lipinski definition) is 4. The van der Waals surface area contributed by atoms with Crippen LogP contribution in [0.15, 0.2) is 53.6 Å². The van der Waals surface area contributed by atoms with Crippen molar-refractivity contribution in [3.63, 3.8) is 0 Å². The second-order valence-corrected chi connectivity index (χ2v) is 8.79. The van der Waals surface area contributed by atoms with Gasteiger partial charge in [0.1, 0.15) is 23.6 Å². The minimum Gasteiger partial charge on any atom is -0.441 e. The van der Waals surface area contributed by atoms with E-state index in [9.17, 15) is 26.4 Å². The van der Waals surface area contributed by atoms with Crippen LogP contribution in [0.5, 0.6) is 0 Å². The van der Waals surface area contributed by atoms with Gasteiger partial charge in [0.2, 0.25) is 0 Å². The van der Waals surface area contributed by atoms with Crippen molar-refractivity contribution in [1.82, 2.24) is 9.29 Å². The Hall–Kier alpha value is -3.27. The van der Waals surface area contributed by atoms with E-state index in [4.69, 9.17) is 4.74 Å². The highest BCUT2D eigenvalue weighted by Crippen LogP contribution is 2.43. The number of benzene rings is 2. The van der Waals surface area contributed by atoms with Crippen LogP contribution in [0.1, 0.15) is 23.7 Å². The molecule has 0 aliphatic heterocycles. The average molecular weight is 450 g/mol. The van der Waals surface area contributed by atoms with Gasteiger partial charge < -0.3 is 10.1 Å². The highest BCUT2D eigenvalue weighted by molar-refractivity contribution is 7.90. The molecule has 4 rings (SSSR count). The summed E-state index contributed by atoms with van der Waals surface area (Å²) in [5.74, 6) is -2.52. The number of halogens is 3. The van der Waals surface area contributed by atoms with E-state index in [2.05, 4.69) is 5.32 Å².